The van der Waals surface area contributed by atoms with Gasteiger partial charge in [-0.15, -0.1) is 0 Å². The summed E-state index contributed by atoms with van der Waals surface area (Å²) in [6, 6.07) is 4.78. The summed E-state index contributed by atoms with van der Waals surface area (Å²) in [5.41, 5.74) is 1.97. The van der Waals surface area contributed by atoms with Gasteiger partial charge in [-0.05, 0) is 57.6 Å². The maximum atomic E-state index is 11.2. The van der Waals surface area contributed by atoms with Crippen LogP contribution in [0.1, 0.15) is 56.7 Å². The molecular weight excluding hydrogens is 248 g/mol. The first-order valence-electron chi connectivity index (χ1n) is 8.00. The molecule has 1 saturated heterocycles. The first-order valence-corrected chi connectivity index (χ1v) is 8.00. The molecule has 0 bridgehead atoms. The zero-order valence-corrected chi connectivity index (χ0v) is 12.7. The van der Waals surface area contributed by atoms with Crippen molar-refractivity contribution in [2.24, 2.45) is 0 Å². The lowest BCUT2D eigenvalue weighted by Crippen LogP contribution is -2.50. The van der Waals surface area contributed by atoms with Gasteiger partial charge in [-0.2, -0.15) is 0 Å². The summed E-state index contributed by atoms with van der Waals surface area (Å²) in [4.78, 5) is 7.07. The predicted octanol–water partition coefficient (Wildman–Crippen LogP) is 2.74. The van der Waals surface area contributed by atoms with E-state index in [1.54, 1.807) is 0 Å². The summed E-state index contributed by atoms with van der Waals surface area (Å²) in [5, 5.41) is 11.2. The topological polar surface area (TPSA) is 36.4 Å². The molecule has 3 heteroatoms. The van der Waals surface area contributed by atoms with Crippen LogP contribution < -0.4 is 0 Å². The van der Waals surface area contributed by atoms with E-state index < -0.39 is 5.60 Å². The summed E-state index contributed by atoms with van der Waals surface area (Å²) in [6.45, 7) is 6.49. The molecule has 20 heavy (non-hydrogen) atoms. The van der Waals surface area contributed by atoms with Crippen LogP contribution in [0.5, 0.6) is 0 Å². The lowest BCUT2D eigenvalue weighted by atomic mass is 9.71. The fraction of sp³-hybridized carbons (Fsp3) is 0.706. The van der Waals surface area contributed by atoms with Gasteiger partial charge < -0.3 is 10.0 Å². The predicted molar refractivity (Wildman–Crippen MR) is 80.8 cm³/mol. The van der Waals surface area contributed by atoms with Crippen LogP contribution in [0, 0.1) is 0 Å². The number of aromatic nitrogens is 1. The zero-order valence-electron chi connectivity index (χ0n) is 12.7. The second-order valence-electron chi connectivity index (χ2n) is 6.73. The third kappa shape index (κ3) is 2.49. The minimum absolute atomic E-state index is 0.238. The molecule has 0 radical (unpaired) electrons. The van der Waals surface area contributed by atoms with Crippen molar-refractivity contribution in [1.29, 1.82) is 0 Å². The van der Waals surface area contributed by atoms with Crippen LogP contribution >= 0.6 is 0 Å². The van der Waals surface area contributed by atoms with Gasteiger partial charge in [0, 0.05) is 36.9 Å². The maximum Gasteiger partial charge on any atom is 0.0755 e. The average molecular weight is 274 g/mol. The summed E-state index contributed by atoms with van der Waals surface area (Å²) in [5.74, 6) is 0.238. The molecule has 1 atom stereocenters. The molecule has 1 N–H and O–H groups in total. The van der Waals surface area contributed by atoms with E-state index in [1.165, 1.54) is 17.7 Å². The Kier molecular flexibility index (Phi) is 3.83. The van der Waals surface area contributed by atoms with E-state index in [1.807, 2.05) is 12.3 Å². The van der Waals surface area contributed by atoms with Gasteiger partial charge in [0.05, 0.1) is 5.60 Å². The molecule has 2 aliphatic rings. The first-order chi connectivity index (χ1) is 9.60. The number of piperidine rings is 1. The molecule has 1 aromatic rings. The molecule has 0 aromatic carbocycles. The van der Waals surface area contributed by atoms with Gasteiger partial charge in [0.15, 0.2) is 0 Å². The smallest absolute Gasteiger partial charge is 0.0755 e. The van der Waals surface area contributed by atoms with Crippen molar-refractivity contribution in [2.75, 3.05) is 13.1 Å². The van der Waals surface area contributed by atoms with Crippen molar-refractivity contribution in [3.63, 3.8) is 0 Å². The SMILES string of the molecule is CC(C)N1CCC(O)(C2CCCc3cccnc32)CC1. The first kappa shape index (κ1) is 14.0. The molecule has 3 rings (SSSR count). The highest BCUT2D eigenvalue weighted by Crippen LogP contribution is 2.43. The fourth-order valence-electron chi connectivity index (χ4n) is 3.91. The number of aryl methyl sites for hydroxylation is 1. The Balaban J connectivity index is 1.80. The molecule has 0 spiro atoms. The quantitative estimate of drug-likeness (QED) is 0.901. The van der Waals surface area contributed by atoms with Gasteiger partial charge in [-0.25, -0.2) is 0 Å². The molecule has 110 valence electrons. The Labute approximate surface area is 122 Å². The van der Waals surface area contributed by atoms with Gasteiger partial charge in [0.25, 0.3) is 0 Å². The summed E-state index contributed by atoms with van der Waals surface area (Å²) >= 11 is 0. The van der Waals surface area contributed by atoms with E-state index in [-0.39, 0.29) is 5.92 Å². The van der Waals surface area contributed by atoms with Crippen LogP contribution in [0.3, 0.4) is 0 Å². The fourth-order valence-corrected chi connectivity index (χ4v) is 3.91. The number of aliphatic hydroxyl groups is 1. The number of likely N-dealkylation sites (tertiary alicyclic amines) is 1. The lowest BCUT2D eigenvalue weighted by molar-refractivity contribution is -0.0530. The monoisotopic (exact) mass is 274 g/mol. The molecule has 2 heterocycles. The van der Waals surface area contributed by atoms with E-state index in [4.69, 9.17) is 0 Å². The molecule has 0 saturated carbocycles. The van der Waals surface area contributed by atoms with Crippen molar-refractivity contribution in [3.8, 4) is 0 Å². The van der Waals surface area contributed by atoms with E-state index in [0.29, 0.717) is 6.04 Å². The Bertz CT molecular complexity index is 464. The van der Waals surface area contributed by atoms with Gasteiger partial charge in [-0.3, -0.25) is 4.98 Å². The van der Waals surface area contributed by atoms with Gasteiger partial charge in [0.2, 0.25) is 0 Å². The Morgan fingerprint density at radius 2 is 2.10 bits per heavy atom. The summed E-state index contributed by atoms with van der Waals surface area (Å²) in [7, 11) is 0. The van der Waals surface area contributed by atoms with E-state index in [2.05, 4.69) is 29.8 Å². The number of pyridine rings is 1. The Morgan fingerprint density at radius 1 is 1.35 bits per heavy atom. The minimum Gasteiger partial charge on any atom is -0.389 e. The Hall–Kier alpha value is -0.930. The molecule has 1 aliphatic carbocycles. The van der Waals surface area contributed by atoms with Crippen LogP contribution in [-0.4, -0.2) is 39.7 Å². The molecular formula is C17H26N2O. The van der Waals surface area contributed by atoms with Crippen LogP contribution in [0.2, 0.25) is 0 Å². The number of hydrogen-bond donors (Lipinski definition) is 1. The highest BCUT2D eigenvalue weighted by Gasteiger charge is 2.43. The summed E-state index contributed by atoms with van der Waals surface area (Å²) < 4.78 is 0. The lowest BCUT2D eigenvalue weighted by Gasteiger charge is -2.45. The second-order valence-corrected chi connectivity index (χ2v) is 6.73. The molecule has 1 fully saturated rings. The van der Waals surface area contributed by atoms with Crippen LogP contribution in [0.25, 0.3) is 0 Å². The molecule has 0 amide bonds. The molecule has 1 aliphatic heterocycles. The van der Waals surface area contributed by atoms with E-state index in [9.17, 15) is 5.11 Å². The number of hydrogen-bond acceptors (Lipinski definition) is 3. The van der Waals surface area contributed by atoms with E-state index in [0.717, 1.165) is 38.8 Å². The largest absolute Gasteiger partial charge is 0.389 e. The molecule has 1 aromatic heterocycles. The zero-order chi connectivity index (χ0) is 14.2. The van der Waals surface area contributed by atoms with Crippen molar-refractivity contribution in [3.05, 3.63) is 29.6 Å². The highest BCUT2D eigenvalue weighted by atomic mass is 16.3. The Morgan fingerprint density at radius 3 is 2.80 bits per heavy atom. The number of fused-ring (bicyclic) bond motifs is 1. The maximum absolute atomic E-state index is 11.2. The second kappa shape index (κ2) is 5.45. The standard InChI is InChI=1S/C17H26N2O/c1-13(2)19-11-8-17(20,9-12-19)15-7-3-5-14-6-4-10-18-16(14)15/h4,6,10,13,15,20H,3,5,7-9,11-12H2,1-2H3. The number of nitrogens with zero attached hydrogens (tertiary/aromatic N) is 2. The van der Waals surface area contributed by atoms with Crippen LogP contribution in [0.15, 0.2) is 18.3 Å². The van der Waals surface area contributed by atoms with Crippen molar-refractivity contribution >= 4 is 0 Å². The van der Waals surface area contributed by atoms with Crippen LogP contribution in [0.4, 0.5) is 0 Å². The van der Waals surface area contributed by atoms with Gasteiger partial charge in [0.1, 0.15) is 0 Å². The van der Waals surface area contributed by atoms with E-state index >= 15 is 0 Å². The van der Waals surface area contributed by atoms with Crippen LogP contribution in [-0.2, 0) is 6.42 Å². The normalized spacial score (nSPS) is 26.5. The third-order valence-electron chi connectivity index (χ3n) is 5.24. The van der Waals surface area contributed by atoms with Gasteiger partial charge in [-0.1, -0.05) is 6.07 Å². The molecule has 1 unspecified atom stereocenters. The average Bonchev–Trinajstić information content (AvgIpc) is 2.47. The van der Waals surface area contributed by atoms with Crippen molar-refractivity contribution in [1.82, 2.24) is 9.88 Å². The number of rotatable bonds is 2. The highest BCUT2D eigenvalue weighted by molar-refractivity contribution is 5.29. The van der Waals surface area contributed by atoms with Gasteiger partial charge >= 0.3 is 0 Å². The third-order valence-corrected chi connectivity index (χ3v) is 5.24. The van der Waals surface area contributed by atoms with Crippen molar-refractivity contribution < 1.29 is 5.11 Å². The van der Waals surface area contributed by atoms with Crippen molar-refractivity contribution in [2.45, 2.75) is 63.5 Å². The minimum atomic E-state index is -0.547. The summed E-state index contributed by atoms with van der Waals surface area (Å²) in [6.07, 6.45) is 7.02. The molecule has 3 nitrogen and oxygen atoms in total.